The normalized spacial score (nSPS) is 18.4. The molecule has 1 aromatic heterocycles. The molecule has 1 amide bonds. The summed E-state index contributed by atoms with van der Waals surface area (Å²) in [5.74, 6) is -0.276. The second-order valence-electron chi connectivity index (χ2n) is 7.47. The lowest BCUT2D eigenvalue weighted by Gasteiger charge is -2.40. The van der Waals surface area contributed by atoms with Crippen molar-refractivity contribution in [3.63, 3.8) is 0 Å². The molecule has 0 radical (unpaired) electrons. The number of benzene rings is 1. The number of halogens is 1. The van der Waals surface area contributed by atoms with E-state index in [0.717, 1.165) is 32.4 Å². The maximum absolute atomic E-state index is 12.9. The third-order valence-corrected chi connectivity index (χ3v) is 5.90. The molecule has 1 aliphatic heterocycles. The fourth-order valence-corrected chi connectivity index (χ4v) is 4.44. The van der Waals surface area contributed by atoms with Gasteiger partial charge in [-0.05, 0) is 61.3 Å². The summed E-state index contributed by atoms with van der Waals surface area (Å²) < 4.78 is 12.9. The molecule has 2 aromatic rings. The number of carbonyl (C=O) groups is 1. The largest absolute Gasteiger partial charge is 0.342 e. The highest BCUT2D eigenvalue weighted by molar-refractivity contribution is 5.78. The molecule has 1 aliphatic carbocycles. The lowest BCUT2D eigenvalue weighted by molar-refractivity contribution is -0.132. The molecule has 0 saturated carbocycles. The average Bonchev–Trinajstić information content (AvgIpc) is 2.95. The predicted octanol–water partition coefficient (Wildman–Crippen LogP) is 3.58. The SMILES string of the molecule is Cc1ccc2c(c1)CCC21CCN(C(=O)Cc2ccc(F)cn2)CC1. The molecule has 4 rings (SSSR count). The summed E-state index contributed by atoms with van der Waals surface area (Å²) in [5.41, 5.74) is 5.22. The minimum Gasteiger partial charge on any atom is -0.342 e. The number of amides is 1. The Hall–Kier alpha value is -2.23. The number of carbonyl (C=O) groups excluding carboxylic acids is 1. The summed E-state index contributed by atoms with van der Waals surface area (Å²) in [4.78, 5) is 18.5. The number of hydrogen-bond donors (Lipinski definition) is 0. The van der Waals surface area contributed by atoms with Gasteiger partial charge >= 0.3 is 0 Å². The van der Waals surface area contributed by atoms with Crippen molar-refractivity contribution < 1.29 is 9.18 Å². The van der Waals surface area contributed by atoms with Gasteiger partial charge in [0.05, 0.1) is 12.6 Å². The van der Waals surface area contributed by atoms with Crippen LogP contribution in [-0.2, 0) is 23.1 Å². The van der Waals surface area contributed by atoms with Crippen LogP contribution in [0.4, 0.5) is 4.39 Å². The molecule has 3 nitrogen and oxygen atoms in total. The van der Waals surface area contributed by atoms with Gasteiger partial charge in [0.2, 0.25) is 5.91 Å². The summed E-state index contributed by atoms with van der Waals surface area (Å²) in [7, 11) is 0. The highest BCUT2D eigenvalue weighted by Crippen LogP contribution is 2.46. The van der Waals surface area contributed by atoms with Crippen LogP contribution in [-0.4, -0.2) is 28.9 Å². The monoisotopic (exact) mass is 338 g/mol. The Morgan fingerprint density at radius 3 is 2.72 bits per heavy atom. The zero-order valence-corrected chi connectivity index (χ0v) is 14.6. The van der Waals surface area contributed by atoms with Crippen LogP contribution < -0.4 is 0 Å². The van der Waals surface area contributed by atoms with Crippen molar-refractivity contribution in [2.75, 3.05) is 13.1 Å². The van der Waals surface area contributed by atoms with Gasteiger partial charge in [0.25, 0.3) is 0 Å². The predicted molar refractivity (Wildman–Crippen MR) is 94.9 cm³/mol. The van der Waals surface area contributed by atoms with Gasteiger partial charge in [0, 0.05) is 18.8 Å². The van der Waals surface area contributed by atoms with Gasteiger partial charge in [-0.15, -0.1) is 0 Å². The molecule has 0 atom stereocenters. The van der Waals surface area contributed by atoms with Crippen molar-refractivity contribution in [3.8, 4) is 0 Å². The third-order valence-electron chi connectivity index (χ3n) is 5.90. The Balaban J connectivity index is 1.42. The number of nitrogens with zero attached hydrogens (tertiary/aromatic N) is 2. The molecule has 2 aliphatic rings. The first kappa shape index (κ1) is 16.2. The number of rotatable bonds is 2. The minimum atomic E-state index is -0.369. The van der Waals surface area contributed by atoms with Gasteiger partial charge in [0.1, 0.15) is 5.82 Å². The topological polar surface area (TPSA) is 33.2 Å². The van der Waals surface area contributed by atoms with E-state index in [4.69, 9.17) is 0 Å². The number of pyridine rings is 1. The van der Waals surface area contributed by atoms with Crippen molar-refractivity contribution in [3.05, 3.63) is 64.7 Å². The summed E-state index contributed by atoms with van der Waals surface area (Å²) >= 11 is 0. The van der Waals surface area contributed by atoms with Crippen LogP contribution in [0.2, 0.25) is 0 Å². The standard InChI is InChI=1S/C21H23FN2O/c1-15-2-5-19-16(12-15)6-7-21(19)8-10-24(11-9-21)20(25)13-18-4-3-17(22)14-23-18/h2-5,12,14H,6-11,13H2,1H3. The van der Waals surface area contributed by atoms with Crippen molar-refractivity contribution in [1.29, 1.82) is 0 Å². The van der Waals surface area contributed by atoms with Crippen LogP contribution in [0.3, 0.4) is 0 Å². The van der Waals surface area contributed by atoms with Gasteiger partial charge in [-0.3, -0.25) is 9.78 Å². The zero-order chi connectivity index (χ0) is 17.4. The smallest absolute Gasteiger partial charge is 0.228 e. The van der Waals surface area contributed by atoms with Crippen molar-refractivity contribution in [2.45, 2.75) is 44.4 Å². The van der Waals surface area contributed by atoms with Gasteiger partial charge in [-0.2, -0.15) is 0 Å². The van der Waals surface area contributed by atoms with Gasteiger partial charge in [0.15, 0.2) is 0 Å². The zero-order valence-electron chi connectivity index (χ0n) is 14.6. The van der Waals surface area contributed by atoms with E-state index in [1.807, 2.05) is 4.90 Å². The van der Waals surface area contributed by atoms with E-state index in [0.29, 0.717) is 5.69 Å². The van der Waals surface area contributed by atoms with Crippen LogP contribution in [0, 0.1) is 12.7 Å². The number of fused-ring (bicyclic) bond motifs is 2. The molecule has 1 spiro atoms. The highest BCUT2D eigenvalue weighted by Gasteiger charge is 2.41. The summed E-state index contributed by atoms with van der Waals surface area (Å²) in [6, 6.07) is 9.79. The number of aryl methyl sites for hydroxylation is 2. The van der Waals surface area contributed by atoms with Crippen LogP contribution in [0.25, 0.3) is 0 Å². The Kier molecular flexibility index (Phi) is 4.06. The molecule has 0 bridgehead atoms. The van der Waals surface area contributed by atoms with Gasteiger partial charge in [-0.25, -0.2) is 4.39 Å². The quantitative estimate of drug-likeness (QED) is 0.838. The second-order valence-corrected chi connectivity index (χ2v) is 7.47. The fraction of sp³-hybridized carbons (Fsp3) is 0.429. The molecule has 0 N–H and O–H groups in total. The van der Waals surface area contributed by atoms with Crippen molar-refractivity contribution in [2.24, 2.45) is 0 Å². The van der Waals surface area contributed by atoms with Crippen LogP contribution >= 0.6 is 0 Å². The van der Waals surface area contributed by atoms with E-state index in [2.05, 4.69) is 30.1 Å². The molecule has 0 unspecified atom stereocenters. The van der Waals surface area contributed by atoms with Crippen molar-refractivity contribution in [1.82, 2.24) is 9.88 Å². The maximum atomic E-state index is 12.9. The van der Waals surface area contributed by atoms with E-state index in [1.54, 1.807) is 6.07 Å². The Bertz CT molecular complexity index is 792. The fourth-order valence-electron chi connectivity index (χ4n) is 4.44. The minimum absolute atomic E-state index is 0.0936. The molecule has 1 saturated heterocycles. The van der Waals surface area contributed by atoms with Crippen LogP contribution in [0.5, 0.6) is 0 Å². The Morgan fingerprint density at radius 1 is 1.20 bits per heavy atom. The van der Waals surface area contributed by atoms with Crippen LogP contribution in [0.15, 0.2) is 36.5 Å². The lowest BCUT2D eigenvalue weighted by atomic mass is 9.73. The number of aromatic nitrogens is 1. The molecular weight excluding hydrogens is 315 g/mol. The van der Waals surface area contributed by atoms with Gasteiger partial charge in [-0.1, -0.05) is 23.8 Å². The molecular formula is C21H23FN2O. The number of hydrogen-bond acceptors (Lipinski definition) is 2. The first-order valence-corrected chi connectivity index (χ1v) is 9.04. The first-order valence-electron chi connectivity index (χ1n) is 9.04. The molecule has 25 heavy (non-hydrogen) atoms. The number of piperidine rings is 1. The Morgan fingerprint density at radius 2 is 2.00 bits per heavy atom. The maximum Gasteiger partial charge on any atom is 0.228 e. The van der Waals surface area contributed by atoms with Crippen molar-refractivity contribution >= 4 is 5.91 Å². The summed E-state index contributed by atoms with van der Waals surface area (Å²) in [6.07, 6.45) is 5.85. The van der Waals surface area contributed by atoms with Crippen LogP contribution in [0.1, 0.15) is 41.6 Å². The van der Waals surface area contributed by atoms with E-state index >= 15 is 0 Å². The lowest BCUT2D eigenvalue weighted by Crippen LogP contribution is -2.45. The summed E-state index contributed by atoms with van der Waals surface area (Å²) in [6.45, 7) is 3.75. The van der Waals surface area contributed by atoms with Gasteiger partial charge < -0.3 is 4.90 Å². The molecule has 130 valence electrons. The average molecular weight is 338 g/mol. The van der Waals surface area contributed by atoms with E-state index < -0.39 is 0 Å². The van der Waals surface area contributed by atoms with E-state index in [1.165, 1.54) is 35.4 Å². The Labute approximate surface area is 147 Å². The number of likely N-dealkylation sites (tertiary alicyclic amines) is 1. The molecule has 1 fully saturated rings. The summed E-state index contributed by atoms with van der Waals surface area (Å²) in [5, 5.41) is 0. The third kappa shape index (κ3) is 3.06. The van der Waals surface area contributed by atoms with E-state index in [9.17, 15) is 9.18 Å². The first-order chi connectivity index (χ1) is 12.1. The van der Waals surface area contributed by atoms with E-state index in [-0.39, 0.29) is 23.6 Å². The molecule has 2 heterocycles. The second kappa shape index (κ2) is 6.25. The highest BCUT2D eigenvalue weighted by atomic mass is 19.1. The molecule has 4 heteroatoms. The molecule has 1 aromatic carbocycles.